The summed E-state index contributed by atoms with van der Waals surface area (Å²) >= 11 is 0. The summed E-state index contributed by atoms with van der Waals surface area (Å²) in [4.78, 5) is 8.32. The average Bonchev–Trinajstić information content (AvgIpc) is 2.20. The fraction of sp³-hybridized carbons (Fsp3) is 0.600. The first kappa shape index (κ1) is 9.55. The van der Waals surface area contributed by atoms with Crippen molar-refractivity contribution in [2.75, 3.05) is 13.2 Å². The smallest absolute Gasteiger partial charge is 0.131 e. The van der Waals surface area contributed by atoms with Crippen molar-refractivity contribution in [3.63, 3.8) is 0 Å². The van der Waals surface area contributed by atoms with Crippen LogP contribution in [0.5, 0.6) is 0 Å². The average molecular weight is 194 g/mol. The molecule has 0 amide bonds. The molecule has 1 aliphatic rings. The van der Waals surface area contributed by atoms with Crippen LogP contribution in [0.2, 0.25) is 0 Å². The second-order valence-electron chi connectivity index (χ2n) is 3.88. The van der Waals surface area contributed by atoms with E-state index in [4.69, 9.17) is 0 Å². The van der Waals surface area contributed by atoms with Crippen LogP contribution in [0.1, 0.15) is 24.6 Å². The number of hydrogen-bond acceptors (Lipinski definition) is 4. The second-order valence-corrected chi connectivity index (χ2v) is 3.88. The summed E-state index contributed by atoms with van der Waals surface area (Å²) in [7, 11) is 0. The molecule has 2 N–H and O–H groups in total. The van der Waals surface area contributed by atoms with Gasteiger partial charge in [-0.25, -0.2) is 9.97 Å². The minimum atomic E-state index is -0.388. The summed E-state index contributed by atoms with van der Waals surface area (Å²) in [5.41, 5.74) is -0.388. The lowest BCUT2D eigenvalue weighted by molar-refractivity contribution is -0.0356. The van der Waals surface area contributed by atoms with Gasteiger partial charge in [0.1, 0.15) is 5.82 Å². The molecule has 1 heterocycles. The van der Waals surface area contributed by atoms with E-state index in [1.54, 1.807) is 18.5 Å². The lowest BCUT2D eigenvalue weighted by Crippen LogP contribution is -2.45. The van der Waals surface area contributed by atoms with E-state index in [0.717, 1.165) is 18.7 Å². The van der Waals surface area contributed by atoms with Crippen molar-refractivity contribution < 1.29 is 10.2 Å². The van der Waals surface area contributed by atoms with Crippen LogP contribution in [0, 0.1) is 5.41 Å². The predicted molar refractivity (Wildman–Crippen MR) is 50.6 cm³/mol. The molecule has 1 aromatic heterocycles. The third kappa shape index (κ3) is 1.31. The molecule has 4 heteroatoms. The van der Waals surface area contributed by atoms with Crippen molar-refractivity contribution in [3.05, 3.63) is 24.3 Å². The van der Waals surface area contributed by atoms with Gasteiger partial charge in [0.2, 0.25) is 0 Å². The van der Waals surface area contributed by atoms with E-state index >= 15 is 0 Å². The normalized spacial score (nSPS) is 24.3. The molecule has 0 aromatic carbocycles. The molecule has 1 aliphatic carbocycles. The van der Waals surface area contributed by atoms with Gasteiger partial charge in [-0.15, -0.1) is 0 Å². The van der Waals surface area contributed by atoms with Crippen molar-refractivity contribution in [2.45, 2.75) is 18.8 Å². The van der Waals surface area contributed by atoms with Crippen LogP contribution in [-0.2, 0) is 0 Å². The van der Waals surface area contributed by atoms with Gasteiger partial charge in [-0.05, 0) is 18.9 Å². The Kier molecular flexibility index (Phi) is 2.48. The van der Waals surface area contributed by atoms with E-state index in [2.05, 4.69) is 9.97 Å². The summed E-state index contributed by atoms with van der Waals surface area (Å²) in [6.07, 6.45) is 5.19. The highest BCUT2D eigenvalue weighted by atomic mass is 16.3. The SMILES string of the molecule is OCC1(CO)CCC1c1ncccn1. The van der Waals surface area contributed by atoms with Crippen LogP contribution in [-0.4, -0.2) is 33.4 Å². The number of aromatic nitrogens is 2. The van der Waals surface area contributed by atoms with Crippen LogP contribution in [0.3, 0.4) is 0 Å². The van der Waals surface area contributed by atoms with Gasteiger partial charge in [-0.3, -0.25) is 0 Å². The third-order valence-electron chi connectivity index (χ3n) is 3.20. The summed E-state index contributed by atoms with van der Waals surface area (Å²) in [6, 6.07) is 1.77. The highest BCUT2D eigenvalue weighted by Crippen LogP contribution is 2.51. The van der Waals surface area contributed by atoms with Crippen LogP contribution >= 0.6 is 0 Å². The molecular formula is C10H14N2O2. The van der Waals surface area contributed by atoms with Crippen LogP contribution < -0.4 is 0 Å². The van der Waals surface area contributed by atoms with Crippen LogP contribution in [0.15, 0.2) is 18.5 Å². The molecule has 1 fully saturated rings. The van der Waals surface area contributed by atoms with Gasteiger partial charge in [-0.1, -0.05) is 0 Å². The Morgan fingerprint density at radius 2 is 1.93 bits per heavy atom. The zero-order valence-electron chi connectivity index (χ0n) is 7.93. The number of rotatable bonds is 3. The molecule has 1 aromatic rings. The van der Waals surface area contributed by atoms with E-state index in [9.17, 15) is 10.2 Å². The summed E-state index contributed by atoms with van der Waals surface area (Å²) < 4.78 is 0. The molecule has 0 saturated heterocycles. The van der Waals surface area contributed by atoms with Crippen molar-refractivity contribution >= 4 is 0 Å². The molecule has 1 saturated carbocycles. The zero-order chi connectivity index (χ0) is 10.0. The zero-order valence-corrected chi connectivity index (χ0v) is 7.93. The lowest BCUT2D eigenvalue weighted by Gasteiger charge is -2.46. The van der Waals surface area contributed by atoms with Crippen molar-refractivity contribution in [1.29, 1.82) is 0 Å². The maximum absolute atomic E-state index is 9.25. The fourth-order valence-corrected chi connectivity index (χ4v) is 2.02. The first-order valence-electron chi connectivity index (χ1n) is 4.81. The van der Waals surface area contributed by atoms with Crippen molar-refractivity contribution in [3.8, 4) is 0 Å². The molecule has 0 bridgehead atoms. The van der Waals surface area contributed by atoms with Gasteiger partial charge < -0.3 is 10.2 Å². The largest absolute Gasteiger partial charge is 0.396 e. The molecule has 4 nitrogen and oxygen atoms in total. The molecule has 0 radical (unpaired) electrons. The van der Waals surface area contributed by atoms with Crippen molar-refractivity contribution in [2.24, 2.45) is 5.41 Å². The monoisotopic (exact) mass is 194 g/mol. The molecule has 1 atom stereocenters. The fourth-order valence-electron chi connectivity index (χ4n) is 2.02. The van der Waals surface area contributed by atoms with E-state index in [1.165, 1.54) is 0 Å². The molecule has 0 aliphatic heterocycles. The molecule has 0 spiro atoms. The van der Waals surface area contributed by atoms with Gasteiger partial charge >= 0.3 is 0 Å². The standard InChI is InChI=1S/C10H14N2O2/c13-6-10(7-14)3-2-8(10)9-11-4-1-5-12-9/h1,4-5,8,13-14H,2-3,6-7H2. The number of hydrogen-bond donors (Lipinski definition) is 2. The van der Waals surface area contributed by atoms with Gasteiger partial charge in [-0.2, -0.15) is 0 Å². The summed E-state index contributed by atoms with van der Waals surface area (Å²) in [5.74, 6) is 0.848. The van der Waals surface area contributed by atoms with E-state index in [1.807, 2.05) is 0 Å². The molecule has 1 unspecified atom stereocenters. The maximum atomic E-state index is 9.25. The minimum absolute atomic E-state index is 0.00637. The van der Waals surface area contributed by atoms with Gasteiger partial charge in [0.15, 0.2) is 0 Å². The molecular weight excluding hydrogens is 180 g/mol. The predicted octanol–water partition coefficient (Wildman–Crippen LogP) is 0.325. The number of nitrogens with zero attached hydrogens (tertiary/aromatic N) is 2. The third-order valence-corrected chi connectivity index (χ3v) is 3.20. The van der Waals surface area contributed by atoms with E-state index in [0.29, 0.717) is 0 Å². The van der Waals surface area contributed by atoms with E-state index in [-0.39, 0.29) is 24.5 Å². The van der Waals surface area contributed by atoms with Gasteiger partial charge in [0.05, 0.1) is 13.2 Å². The summed E-state index contributed by atoms with van der Waals surface area (Å²) in [6.45, 7) is 0.0127. The highest BCUT2D eigenvalue weighted by Gasteiger charge is 2.48. The highest BCUT2D eigenvalue weighted by molar-refractivity contribution is 5.11. The Balaban J connectivity index is 2.21. The van der Waals surface area contributed by atoms with Gasteiger partial charge in [0.25, 0.3) is 0 Å². The minimum Gasteiger partial charge on any atom is -0.396 e. The Hall–Kier alpha value is -1.00. The molecule has 76 valence electrons. The Morgan fingerprint density at radius 1 is 1.29 bits per heavy atom. The Labute approximate surface area is 82.6 Å². The van der Waals surface area contributed by atoms with Crippen LogP contribution in [0.4, 0.5) is 0 Å². The lowest BCUT2D eigenvalue weighted by atomic mass is 9.60. The Morgan fingerprint density at radius 3 is 2.36 bits per heavy atom. The molecule has 14 heavy (non-hydrogen) atoms. The number of aliphatic hydroxyl groups excluding tert-OH is 2. The topological polar surface area (TPSA) is 66.2 Å². The Bertz CT molecular complexity index is 293. The molecule has 2 rings (SSSR count). The first-order chi connectivity index (χ1) is 6.82. The van der Waals surface area contributed by atoms with Crippen molar-refractivity contribution in [1.82, 2.24) is 9.97 Å². The van der Waals surface area contributed by atoms with Gasteiger partial charge in [0, 0.05) is 23.7 Å². The van der Waals surface area contributed by atoms with Crippen LogP contribution in [0.25, 0.3) is 0 Å². The maximum Gasteiger partial charge on any atom is 0.131 e. The number of aliphatic hydroxyl groups is 2. The van der Waals surface area contributed by atoms with E-state index < -0.39 is 0 Å². The summed E-state index contributed by atoms with van der Waals surface area (Å²) in [5, 5.41) is 18.5. The first-order valence-corrected chi connectivity index (χ1v) is 4.81. The second kappa shape index (κ2) is 3.63. The quantitative estimate of drug-likeness (QED) is 0.727.